The molecule has 14 nitrogen and oxygen atoms in total. The standard InChI is InChI=1S/C27H45N6O8PS2/c1-26(2,3)23(36)43-16-13-40-42(38,41-14-17-44-24(37)27(4,5)6)15-12-32(9-8-19(34)39-7)10-11-33-18-29-20-21(33)30-25(28)31-22(20)35/h18H,8-17H2,1-7H3,(H3,28,30,31,35). The maximum Gasteiger partial charge on any atom is 0.332 e. The number of H-pyrrole nitrogens is 1. The van der Waals surface area contributed by atoms with Crippen molar-refractivity contribution in [1.82, 2.24) is 24.4 Å². The Morgan fingerprint density at radius 3 is 2.09 bits per heavy atom. The largest absolute Gasteiger partial charge is 0.469 e. The van der Waals surface area contributed by atoms with Crippen LogP contribution in [0, 0.1) is 10.8 Å². The molecule has 0 bridgehead atoms. The third-order valence-corrected chi connectivity index (χ3v) is 10.5. The predicted molar refractivity (Wildman–Crippen MR) is 174 cm³/mol. The van der Waals surface area contributed by atoms with Crippen LogP contribution < -0.4 is 11.3 Å². The van der Waals surface area contributed by atoms with Crippen molar-refractivity contribution in [3.8, 4) is 0 Å². The van der Waals surface area contributed by atoms with E-state index in [2.05, 4.69) is 15.0 Å². The second kappa shape index (κ2) is 16.9. The van der Waals surface area contributed by atoms with E-state index in [0.29, 0.717) is 36.8 Å². The van der Waals surface area contributed by atoms with E-state index < -0.39 is 30.0 Å². The maximum atomic E-state index is 13.8. The lowest BCUT2D eigenvalue weighted by atomic mass is 9.99. The van der Waals surface area contributed by atoms with Gasteiger partial charge in [0.05, 0.1) is 39.2 Å². The third kappa shape index (κ3) is 12.6. The molecule has 44 heavy (non-hydrogen) atoms. The zero-order chi connectivity index (χ0) is 33.1. The zero-order valence-electron chi connectivity index (χ0n) is 26.5. The number of esters is 1. The molecule has 2 aromatic rings. The number of fused-ring (bicyclic) bond motifs is 1. The number of imidazole rings is 1. The molecule has 0 atom stereocenters. The minimum absolute atomic E-state index is 0.000513. The van der Waals surface area contributed by atoms with Crippen molar-refractivity contribution in [1.29, 1.82) is 0 Å². The van der Waals surface area contributed by atoms with Crippen molar-refractivity contribution in [2.24, 2.45) is 10.8 Å². The quantitative estimate of drug-likeness (QED) is 0.141. The van der Waals surface area contributed by atoms with Crippen LogP contribution >= 0.6 is 31.1 Å². The summed E-state index contributed by atoms with van der Waals surface area (Å²) in [6.07, 6.45) is 1.57. The van der Waals surface area contributed by atoms with Gasteiger partial charge < -0.3 is 29.0 Å². The Morgan fingerprint density at radius 2 is 1.57 bits per heavy atom. The molecule has 0 unspecified atom stereocenters. The van der Waals surface area contributed by atoms with E-state index >= 15 is 0 Å². The fraction of sp³-hybridized carbons (Fsp3) is 0.704. The first-order valence-electron chi connectivity index (χ1n) is 14.2. The molecule has 248 valence electrons. The predicted octanol–water partition coefficient (Wildman–Crippen LogP) is 3.41. The molecule has 0 fully saturated rings. The van der Waals surface area contributed by atoms with Crippen LogP contribution in [-0.4, -0.2) is 98.2 Å². The average molecular weight is 677 g/mol. The number of ether oxygens (including phenoxy) is 1. The van der Waals surface area contributed by atoms with E-state index in [1.807, 2.05) is 46.4 Å². The van der Waals surface area contributed by atoms with E-state index in [-0.39, 0.29) is 54.0 Å². The number of nitrogens with one attached hydrogen (secondary N) is 1. The van der Waals surface area contributed by atoms with Gasteiger partial charge in [-0.2, -0.15) is 4.98 Å². The summed E-state index contributed by atoms with van der Waals surface area (Å²) in [5.41, 5.74) is 4.69. The van der Waals surface area contributed by atoms with Crippen molar-refractivity contribution in [2.45, 2.75) is 54.5 Å². The molecule has 0 amide bonds. The van der Waals surface area contributed by atoms with Crippen molar-refractivity contribution in [3.05, 3.63) is 16.7 Å². The van der Waals surface area contributed by atoms with Gasteiger partial charge >= 0.3 is 13.6 Å². The number of anilines is 1. The Kier molecular flexibility index (Phi) is 14.6. The highest BCUT2D eigenvalue weighted by Gasteiger charge is 2.28. The van der Waals surface area contributed by atoms with E-state index in [0.717, 1.165) is 23.5 Å². The lowest BCUT2D eigenvalue weighted by Gasteiger charge is -2.25. The average Bonchev–Trinajstić information content (AvgIpc) is 3.34. The summed E-state index contributed by atoms with van der Waals surface area (Å²) < 4.78 is 31.9. The van der Waals surface area contributed by atoms with Gasteiger partial charge in [0.15, 0.2) is 21.4 Å². The maximum absolute atomic E-state index is 13.8. The molecule has 2 rings (SSSR count). The molecule has 2 aromatic heterocycles. The Labute approximate surface area is 266 Å². The zero-order valence-corrected chi connectivity index (χ0v) is 29.1. The highest BCUT2D eigenvalue weighted by atomic mass is 32.2. The minimum Gasteiger partial charge on any atom is -0.469 e. The van der Waals surface area contributed by atoms with Crippen molar-refractivity contribution in [3.63, 3.8) is 0 Å². The van der Waals surface area contributed by atoms with Gasteiger partial charge in [-0.25, -0.2) is 4.98 Å². The number of methoxy groups -OCH3 is 1. The van der Waals surface area contributed by atoms with Gasteiger partial charge in [0, 0.05) is 48.5 Å². The van der Waals surface area contributed by atoms with Gasteiger partial charge in [-0.3, -0.25) is 28.7 Å². The van der Waals surface area contributed by atoms with Gasteiger partial charge in [-0.1, -0.05) is 65.1 Å². The molecule has 0 aliphatic heterocycles. The molecular formula is C27H45N6O8PS2. The molecule has 0 saturated heterocycles. The number of hydrogen-bond acceptors (Lipinski definition) is 14. The van der Waals surface area contributed by atoms with E-state index in [4.69, 9.17) is 19.5 Å². The van der Waals surface area contributed by atoms with Crippen molar-refractivity contribution >= 4 is 64.4 Å². The van der Waals surface area contributed by atoms with Crippen LogP contribution in [0.15, 0.2) is 11.1 Å². The van der Waals surface area contributed by atoms with Gasteiger partial charge in [0.25, 0.3) is 5.56 Å². The Balaban J connectivity index is 2.12. The highest BCUT2D eigenvalue weighted by molar-refractivity contribution is 8.14. The number of hydrogen-bond donors (Lipinski definition) is 2. The molecule has 2 heterocycles. The number of aromatic nitrogens is 4. The molecule has 0 aromatic carbocycles. The Bertz CT molecular complexity index is 1350. The second-order valence-corrected chi connectivity index (χ2v) is 16.3. The normalized spacial score (nSPS) is 12.6. The fourth-order valence-electron chi connectivity index (χ4n) is 3.56. The summed E-state index contributed by atoms with van der Waals surface area (Å²) >= 11 is 2.22. The summed E-state index contributed by atoms with van der Waals surface area (Å²) in [5.74, 6) is 0.165. The molecule has 17 heteroatoms. The van der Waals surface area contributed by atoms with Gasteiger partial charge in [0.1, 0.15) is 0 Å². The smallest absolute Gasteiger partial charge is 0.332 e. The summed E-state index contributed by atoms with van der Waals surface area (Å²) in [4.78, 5) is 61.2. The summed E-state index contributed by atoms with van der Waals surface area (Å²) in [6.45, 7) is 12.3. The molecule has 3 N–H and O–H groups in total. The Morgan fingerprint density at radius 1 is 1.00 bits per heavy atom. The lowest BCUT2D eigenvalue weighted by Crippen LogP contribution is -2.33. The van der Waals surface area contributed by atoms with Gasteiger partial charge in [-0.15, -0.1) is 0 Å². The van der Waals surface area contributed by atoms with Gasteiger partial charge in [-0.05, 0) is 0 Å². The number of nitrogens with zero attached hydrogens (tertiary/aromatic N) is 4. The monoisotopic (exact) mass is 676 g/mol. The molecular weight excluding hydrogens is 631 g/mol. The fourth-order valence-corrected chi connectivity index (χ4v) is 6.97. The van der Waals surface area contributed by atoms with Gasteiger partial charge in [0.2, 0.25) is 5.95 Å². The first kappa shape index (κ1) is 38.0. The first-order chi connectivity index (χ1) is 20.4. The molecule has 0 radical (unpaired) electrons. The Hall–Kier alpha value is -2.23. The number of rotatable bonds is 17. The molecule has 0 spiro atoms. The van der Waals surface area contributed by atoms with E-state index in [9.17, 15) is 23.7 Å². The van der Waals surface area contributed by atoms with E-state index in [1.54, 1.807) is 4.57 Å². The SMILES string of the molecule is COC(=O)CCN(CCn1cnc2c(=O)[nH]c(N)nc21)CCP(=O)(OCCSC(=O)C(C)(C)C)OCCSC(=O)C(C)(C)C. The van der Waals surface area contributed by atoms with Crippen LogP contribution in [0.4, 0.5) is 5.95 Å². The second-order valence-electron chi connectivity index (χ2n) is 12.0. The van der Waals surface area contributed by atoms with Crippen LogP contribution in [0.25, 0.3) is 11.2 Å². The minimum atomic E-state index is -3.67. The molecule has 0 saturated carbocycles. The number of thioether (sulfide) groups is 2. The van der Waals surface area contributed by atoms with Crippen LogP contribution in [0.1, 0.15) is 48.0 Å². The topological polar surface area (TPSA) is 189 Å². The first-order valence-corrected chi connectivity index (χ1v) is 17.9. The summed E-state index contributed by atoms with van der Waals surface area (Å²) in [5, 5.41) is -0.0126. The van der Waals surface area contributed by atoms with E-state index in [1.165, 1.54) is 13.4 Å². The lowest BCUT2D eigenvalue weighted by molar-refractivity contribution is -0.141. The number of carbonyl (C=O) groups is 3. The molecule has 0 aliphatic rings. The number of carbonyl (C=O) groups excluding carboxylic acids is 3. The summed E-state index contributed by atoms with van der Waals surface area (Å²) in [7, 11) is -2.36. The van der Waals surface area contributed by atoms with Crippen LogP contribution in [0.2, 0.25) is 0 Å². The van der Waals surface area contributed by atoms with Crippen molar-refractivity contribution < 1.29 is 32.7 Å². The summed E-state index contributed by atoms with van der Waals surface area (Å²) in [6, 6.07) is 0. The van der Waals surface area contributed by atoms with Crippen LogP contribution in [0.5, 0.6) is 0 Å². The molecule has 0 aliphatic carbocycles. The van der Waals surface area contributed by atoms with Crippen LogP contribution in [-0.2, 0) is 39.3 Å². The number of aromatic amines is 1. The van der Waals surface area contributed by atoms with Crippen LogP contribution in [0.3, 0.4) is 0 Å². The highest BCUT2D eigenvalue weighted by Crippen LogP contribution is 2.48. The number of nitrogens with two attached hydrogens (primary N) is 1. The number of nitrogen functional groups attached to an aromatic ring is 1. The van der Waals surface area contributed by atoms with Crippen molar-refractivity contribution in [2.75, 3.05) is 63.4 Å². The third-order valence-electron chi connectivity index (χ3n) is 6.13.